The summed E-state index contributed by atoms with van der Waals surface area (Å²) in [4.78, 5) is 29.6. The van der Waals surface area contributed by atoms with E-state index < -0.39 is 17.6 Å². The van der Waals surface area contributed by atoms with Gasteiger partial charge in [0.1, 0.15) is 18.3 Å². The monoisotopic (exact) mass is 331 g/mol. The Hall–Kier alpha value is -2.77. The molecule has 2 aromatic rings. The van der Waals surface area contributed by atoms with Crippen molar-refractivity contribution in [3.8, 4) is 5.69 Å². The van der Waals surface area contributed by atoms with Crippen molar-refractivity contribution >= 4 is 17.5 Å². The Balaban J connectivity index is 1.68. The molecule has 0 spiro atoms. The smallest absolute Gasteiger partial charge is 0.313 e. The van der Waals surface area contributed by atoms with Gasteiger partial charge in [0.15, 0.2) is 5.82 Å². The van der Waals surface area contributed by atoms with Crippen molar-refractivity contribution in [2.24, 2.45) is 5.92 Å². The lowest BCUT2D eigenvalue weighted by atomic mass is 10.0. The first-order chi connectivity index (χ1) is 11.5. The number of aromatic nitrogens is 3. The van der Waals surface area contributed by atoms with Gasteiger partial charge in [0.05, 0.1) is 0 Å². The summed E-state index contributed by atoms with van der Waals surface area (Å²) in [5.41, 5.74) is 0.432. The maximum absolute atomic E-state index is 14.1. The minimum atomic E-state index is -0.753. The van der Waals surface area contributed by atoms with Crippen LogP contribution in [0, 0.1) is 11.7 Å². The molecule has 0 unspecified atom stereocenters. The molecule has 0 radical (unpaired) electrons. The minimum absolute atomic E-state index is 0.210. The highest BCUT2D eigenvalue weighted by Crippen LogP contribution is 2.19. The number of carbonyl (C=O) groups is 2. The highest BCUT2D eigenvalue weighted by Gasteiger charge is 2.26. The molecule has 1 atom stereocenters. The zero-order chi connectivity index (χ0) is 17.1. The zero-order valence-corrected chi connectivity index (χ0v) is 13.3. The second-order valence-corrected chi connectivity index (χ2v) is 5.96. The number of hydrogen-bond donors (Lipinski definition) is 1. The van der Waals surface area contributed by atoms with Gasteiger partial charge >= 0.3 is 11.8 Å². The molecule has 2 heterocycles. The van der Waals surface area contributed by atoms with E-state index in [0.29, 0.717) is 19.0 Å². The standard InChI is InChI=1S/C16H18FN5O2/c1-11-3-2-6-21(8-11)16(24)15(23)20-12-4-5-14(13(17)7-12)22-10-18-9-19-22/h4-5,7,9-11H,2-3,6,8H2,1H3,(H,20,23)/t11-/m1/s1. The van der Waals surface area contributed by atoms with Crippen molar-refractivity contribution < 1.29 is 14.0 Å². The van der Waals surface area contributed by atoms with Crippen molar-refractivity contribution in [1.82, 2.24) is 19.7 Å². The van der Waals surface area contributed by atoms with Gasteiger partial charge in [-0.1, -0.05) is 6.92 Å². The topological polar surface area (TPSA) is 80.1 Å². The van der Waals surface area contributed by atoms with Crippen LogP contribution in [0.2, 0.25) is 0 Å². The Kier molecular flexibility index (Phi) is 4.54. The first kappa shape index (κ1) is 16.1. The molecule has 0 bridgehead atoms. The summed E-state index contributed by atoms with van der Waals surface area (Å²) in [7, 11) is 0. The number of amides is 2. The lowest BCUT2D eigenvalue weighted by molar-refractivity contribution is -0.144. The summed E-state index contributed by atoms with van der Waals surface area (Å²) in [6.07, 6.45) is 4.62. The van der Waals surface area contributed by atoms with Gasteiger partial charge in [0, 0.05) is 18.8 Å². The van der Waals surface area contributed by atoms with Crippen LogP contribution in [-0.4, -0.2) is 44.6 Å². The van der Waals surface area contributed by atoms with Crippen molar-refractivity contribution in [3.05, 3.63) is 36.7 Å². The van der Waals surface area contributed by atoms with E-state index in [2.05, 4.69) is 22.3 Å². The number of halogens is 1. The Bertz CT molecular complexity index is 747. The van der Waals surface area contributed by atoms with Crippen LogP contribution in [-0.2, 0) is 9.59 Å². The molecular formula is C16H18FN5O2. The first-order valence-corrected chi connectivity index (χ1v) is 7.79. The van der Waals surface area contributed by atoms with Gasteiger partial charge in [-0.3, -0.25) is 9.59 Å². The number of nitrogens with zero attached hydrogens (tertiary/aromatic N) is 4. The van der Waals surface area contributed by atoms with Crippen molar-refractivity contribution in [2.75, 3.05) is 18.4 Å². The number of carbonyl (C=O) groups excluding carboxylic acids is 2. The minimum Gasteiger partial charge on any atom is -0.334 e. The molecule has 1 aliphatic rings. The fraction of sp³-hybridized carbons (Fsp3) is 0.375. The van der Waals surface area contributed by atoms with E-state index in [1.807, 2.05) is 0 Å². The Labute approximate surface area is 138 Å². The molecular weight excluding hydrogens is 313 g/mol. The van der Waals surface area contributed by atoms with Crippen molar-refractivity contribution in [3.63, 3.8) is 0 Å². The molecule has 3 rings (SSSR count). The normalized spacial score (nSPS) is 17.6. The van der Waals surface area contributed by atoms with E-state index in [1.165, 1.54) is 29.5 Å². The lowest BCUT2D eigenvalue weighted by Gasteiger charge is -2.30. The van der Waals surface area contributed by atoms with Crippen LogP contribution in [0.15, 0.2) is 30.9 Å². The fourth-order valence-corrected chi connectivity index (χ4v) is 2.81. The Morgan fingerprint density at radius 3 is 2.88 bits per heavy atom. The van der Waals surface area contributed by atoms with Crippen molar-refractivity contribution in [1.29, 1.82) is 0 Å². The van der Waals surface area contributed by atoms with Crippen LogP contribution in [0.5, 0.6) is 0 Å². The predicted octanol–water partition coefficient (Wildman–Crippen LogP) is 1.60. The summed E-state index contributed by atoms with van der Waals surface area (Å²) in [5.74, 6) is -1.52. The molecule has 1 saturated heterocycles. The van der Waals surface area contributed by atoms with E-state index in [4.69, 9.17) is 0 Å². The third-order valence-corrected chi connectivity index (χ3v) is 4.01. The van der Waals surface area contributed by atoms with Crippen LogP contribution in [0.4, 0.5) is 10.1 Å². The molecule has 1 fully saturated rings. The van der Waals surface area contributed by atoms with E-state index in [0.717, 1.165) is 18.9 Å². The van der Waals surface area contributed by atoms with E-state index >= 15 is 0 Å². The maximum Gasteiger partial charge on any atom is 0.313 e. The van der Waals surface area contributed by atoms with Gasteiger partial charge < -0.3 is 10.2 Å². The summed E-state index contributed by atoms with van der Waals surface area (Å²) in [5, 5.41) is 6.30. The number of nitrogens with one attached hydrogen (secondary N) is 1. The van der Waals surface area contributed by atoms with Crippen LogP contribution in [0.3, 0.4) is 0 Å². The fourth-order valence-electron chi connectivity index (χ4n) is 2.81. The van der Waals surface area contributed by atoms with Gasteiger partial charge in [0.2, 0.25) is 0 Å². The van der Waals surface area contributed by atoms with E-state index in [1.54, 1.807) is 4.90 Å². The number of hydrogen-bond acceptors (Lipinski definition) is 4. The number of benzene rings is 1. The summed E-state index contributed by atoms with van der Waals surface area (Å²) >= 11 is 0. The molecule has 1 aromatic heterocycles. The summed E-state index contributed by atoms with van der Waals surface area (Å²) in [6, 6.07) is 4.14. The summed E-state index contributed by atoms with van der Waals surface area (Å²) in [6.45, 7) is 3.21. The maximum atomic E-state index is 14.1. The zero-order valence-electron chi connectivity index (χ0n) is 13.3. The van der Waals surface area contributed by atoms with Crippen molar-refractivity contribution in [2.45, 2.75) is 19.8 Å². The number of piperidine rings is 1. The Morgan fingerprint density at radius 2 is 2.21 bits per heavy atom. The van der Waals surface area contributed by atoms with Crippen LogP contribution < -0.4 is 5.32 Å². The SMILES string of the molecule is C[C@@H]1CCCN(C(=O)C(=O)Nc2ccc(-n3cncn3)c(F)c2)C1. The highest BCUT2D eigenvalue weighted by atomic mass is 19.1. The molecule has 126 valence electrons. The van der Waals surface area contributed by atoms with E-state index in [-0.39, 0.29) is 11.4 Å². The molecule has 8 heteroatoms. The molecule has 0 aliphatic carbocycles. The van der Waals surface area contributed by atoms with Gasteiger partial charge in [-0.05, 0) is 37.0 Å². The highest BCUT2D eigenvalue weighted by molar-refractivity contribution is 6.39. The Morgan fingerprint density at radius 1 is 1.38 bits per heavy atom. The third-order valence-electron chi connectivity index (χ3n) is 4.01. The van der Waals surface area contributed by atoms with Gasteiger partial charge in [-0.2, -0.15) is 5.10 Å². The van der Waals surface area contributed by atoms with Gasteiger partial charge in [0.25, 0.3) is 0 Å². The average molecular weight is 331 g/mol. The first-order valence-electron chi connectivity index (χ1n) is 7.79. The third kappa shape index (κ3) is 3.42. The van der Waals surface area contributed by atoms with Crippen LogP contribution in [0.25, 0.3) is 5.69 Å². The molecule has 24 heavy (non-hydrogen) atoms. The van der Waals surface area contributed by atoms with Crippen LogP contribution in [0.1, 0.15) is 19.8 Å². The predicted molar refractivity (Wildman–Crippen MR) is 84.9 cm³/mol. The second kappa shape index (κ2) is 6.77. The van der Waals surface area contributed by atoms with Crippen LogP contribution >= 0.6 is 0 Å². The van der Waals surface area contributed by atoms with Gasteiger partial charge in [-0.25, -0.2) is 14.1 Å². The van der Waals surface area contributed by atoms with E-state index in [9.17, 15) is 14.0 Å². The number of anilines is 1. The largest absolute Gasteiger partial charge is 0.334 e. The second-order valence-electron chi connectivity index (χ2n) is 5.96. The average Bonchev–Trinajstić information content (AvgIpc) is 3.08. The summed E-state index contributed by atoms with van der Waals surface area (Å²) < 4.78 is 15.4. The van der Waals surface area contributed by atoms with Gasteiger partial charge in [-0.15, -0.1) is 0 Å². The number of rotatable bonds is 2. The quantitative estimate of drug-likeness (QED) is 0.848. The molecule has 0 saturated carbocycles. The lowest BCUT2D eigenvalue weighted by Crippen LogP contribution is -2.44. The molecule has 1 aromatic carbocycles. The number of likely N-dealkylation sites (tertiary alicyclic amines) is 1. The molecule has 1 aliphatic heterocycles. The molecule has 7 nitrogen and oxygen atoms in total. The molecule has 1 N–H and O–H groups in total. The molecule has 2 amide bonds.